The summed E-state index contributed by atoms with van der Waals surface area (Å²) in [6.07, 6.45) is 4.44. The number of carbonyl (C=O) groups is 1. The van der Waals surface area contributed by atoms with Gasteiger partial charge in [-0.1, -0.05) is 29.8 Å². The number of carbonyl (C=O) groups excluding carboxylic acids is 1. The average Bonchev–Trinajstić information content (AvgIpc) is 3.07. The Balaban J connectivity index is 1.71. The number of nitrogens with one attached hydrogen (secondary N) is 1. The van der Waals surface area contributed by atoms with Crippen LogP contribution in [-0.2, 0) is 27.7 Å². The molecule has 0 unspecified atom stereocenters. The lowest BCUT2D eigenvalue weighted by Gasteiger charge is -2.23. The van der Waals surface area contributed by atoms with Crippen molar-refractivity contribution in [1.82, 2.24) is 5.32 Å². The van der Waals surface area contributed by atoms with Gasteiger partial charge in [-0.3, -0.25) is 9.10 Å². The van der Waals surface area contributed by atoms with E-state index in [0.29, 0.717) is 10.7 Å². The standard InChI is InChI=1S/C20H23ClN2O3S/c1-14(16-7-6-15-4-3-5-17(15)12-16)22-20(24)13-23(27(2,25)26)19-10-8-18(21)9-11-19/h6-12,14H,3-5,13H2,1-2H3,(H,22,24)/t14-/m0/s1. The Morgan fingerprint density at radius 2 is 1.81 bits per heavy atom. The lowest BCUT2D eigenvalue weighted by Crippen LogP contribution is -2.41. The molecule has 5 nitrogen and oxygen atoms in total. The number of aryl methyl sites for hydroxylation is 2. The molecule has 0 saturated heterocycles. The molecule has 7 heteroatoms. The van der Waals surface area contributed by atoms with Crippen molar-refractivity contribution in [3.63, 3.8) is 0 Å². The summed E-state index contributed by atoms with van der Waals surface area (Å²) in [5.74, 6) is -0.358. The predicted molar refractivity (Wildman–Crippen MR) is 109 cm³/mol. The molecule has 2 aromatic carbocycles. The van der Waals surface area contributed by atoms with Gasteiger partial charge in [0.2, 0.25) is 15.9 Å². The van der Waals surface area contributed by atoms with Gasteiger partial charge in [0, 0.05) is 5.02 Å². The fraction of sp³-hybridized carbons (Fsp3) is 0.350. The molecule has 2 aromatic rings. The van der Waals surface area contributed by atoms with Crippen LogP contribution in [0, 0.1) is 0 Å². The summed E-state index contributed by atoms with van der Waals surface area (Å²) in [4.78, 5) is 12.5. The highest BCUT2D eigenvalue weighted by Crippen LogP contribution is 2.25. The Labute approximate surface area is 165 Å². The van der Waals surface area contributed by atoms with Gasteiger partial charge in [-0.15, -0.1) is 0 Å². The summed E-state index contributed by atoms with van der Waals surface area (Å²) in [6, 6.07) is 12.5. The number of anilines is 1. The van der Waals surface area contributed by atoms with Crippen molar-refractivity contribution in [1.29, 1.82) is 0 Å². The molecule has 1 aliphatic rings. The van der Waals surface area contributed by atoms with Crippen LogP contribution in [0.2, 0.25) is 5.02 Å². The van der Waals surface area contributed by atoms with E-state index < -0.39 is 10.0 Å². The monoisotopic (exact) mass is 406 g/mol. The molecular formula is C20H23ClN2O3S. The molecule has 144 valence electrons. The smallest absolute Gasteiger partial charge is 0.241 e. The predicted octanol–water partition coefficient (Wildman–Crippen LogP) is 3.47. The van der Waals surface area contributed by atoms with E-state index in [-0.39, 0.29) is 18.5 Å². The van der Waals surface area contributed by atoms with E-state index in [0.717, 1.165) is 29.0 Å². The maximum absolute atomic E-state index is 12.5. The maximum Gasteiger partial charge on any atom is 0.241 e. The fourth-order valence-corrected chi connectivity index (χ4v) is 4.35. The van der Waals surface area contributed by atoms with Gasteiger partial charge in [0.1, 0.15) is 6.54 Å². The van der Waals surface area contributed by atoms with Crippen LogP contribution in [0.25, 0.3) is 0 Å². The van der Waals surface area contributed by atoms with Crippen LogP contribution in [0.5, 0.6) is 0 Å². The minimum Gasteiger partial charge on any atom is -0.348 e. The van der Waals surface area contributed by atoms with Gasteiger partial charge in [-0.2, -0.15) is 0 Å². The van der Waals surface area contributed by atoms with E-state index in [1.165, 1.54) is 17.5 Å². The highest BCUT2D eigenvalue weighted by molar-refractivity contribution is 7.92. The van der Waals surface area contributed by atoms with Crippen LogP contribution >= 0.6 is 11.6 Å². The van der Waals surface area contributed by atoms with Crippen LogP contribution in [0.3, 0.4) is 0 Å². The lowest BCUT2D eigenvalue weighted by atomic mass is 10.0. The number of nitrogens with zero attached hydrogens (tertiary/aromatic N) is 1. The molecule has 0 aliphatic heterocycles. The average molecular weight is 407 g/mol. The maximum atomic E-state index is 12.5. The van der Waals surface area contributed by atoms with Gasteiger partial charge in [0.25, 0.3) is 0 Å². The second kappa shape index (κ2) is 7.90. The SMILES string of the molecule is C[C@H](NC(=O)CN(c1ccc(Cl)cc1)S(C)(=O)=O)c1ccc2c(c1)CCC2. The number of hydrogen-bond donors (Lipinski definition) is 1. The summed E-state index contributed by atoms with van der Waals surface area (Å²) >= 11 is 5.87. The van der Waals surface area contributed by atoms with Crippen molar-refractivity contribution < 1.29 is 13.2 Å². The van der Waals surface area contributed by atoms with Crippen LogP contribution in [0.15, 0.2) is 42.5 Å². The first-order valence-corrected chi connectivity index (χ1v) is 11.1. The van der Waals surface area contributed by atoms with Crippen molar-refractivity contribution in [3.8, 4) is 0 Å². The molecule has 27 heavy (non-hydrogen) atoms. The molecule has 0 spiro atoms. The number of fused-ring (bicyclic) bond motifs is 1. The number of amides is 1. The Morgan fingerprint density at radius 1 is 1.15 bits per heavy atom. The molecule has 0 heterocycles. The zero-order chi connectivity index (χ0) is 19.6. The highest BCUT2D eigenvalue weighted by Gasteiger charge is 2.22. The molecule has 0 aromatic heterocycles. The Bertz CT molecular complexity index is 942. The molecule has 1 amide bonds. The zero-order valence-corrected chi connectivity index (χ0v) is 17.0. The van der Waals surface area contributed by atoms with Gasteiger partial charge in [-0.25, -0.2) is 8.42 Å². The molecule has 1 N–H and O–H groups in total. The minimum absolute atomic E-state index is 0.199. The van der Waals surface area contributed by atoms with Gasteiger partial charge in [0.05, 0.1) is 18.0 Å². The van der Waals surface area contributed by atoms with E-state index in [2.05, 4.69) is 17.4 Å². The fourth-order valence-electron chi connectivity index (χ4n) is 3.37. The van der Waals surface area contributed by atoms with Crippen molar-refractivity contribution in [2.75, 3.05) is 17.1 Å². The first-order chi connectivity index (χ1) is 12.7. The molecule has 0 fully saturated rings. The Hall–Kier alpha value is -2.05. The number of hydrogen-bond acceptors (Lipinski definition) is 3. The normalized spacial score (nSPS) is 14.5. The van der Waals surface area contributed by atoms with Crippen LogP contribution in [-0.4, -0.2) is 27.1 Å². The molecular weight excluding hydrogens is 384 g/mol. The second-order valence-electron chi connectivity index (χ2n) is 6.92. The third-order valence-electron chi connectivity index (χ3n) is 4.80. The van der Waals surface area contributed by atoms with Crippen molar-refractivity contribution in [3.05, 3.63) is 64.2 Å². The topological polar surface area (TPSA) is 66.5 Å². The molecule has 1 atom stereocenters. The number of benzene rings is 2. The number of halogens is 1. The molecule has 1 aliphatic carbocycles. The van der Waals surface area contributed by atoms with Gasteiger partial charge in [0.15, 0.2) is 0 Å². The first kappa shape index (κ1) is 19.7. The number of rotatable bonds is 6. The minimum atomic E-state index is -3.60. The second-order valence-corrected chi connectivity index (χ2v) is 9.26. The van der Waals surface area contributed by atoms with E-state index in [1.807, 2.05) is 13.0 Å². The quantitative estimate of drug-likeness (QED) is 0.798. The third-order valence-corrected chi connectivity index (χ3v) is 6.19. The van der Waals surface area contributed by atoms with E-state index in [1.54, 1.807) is 24.3 Å². The van der Waals surface area contributed by atoms with Gasteiger partial charge in [-0.05, 0) is 67.1 Å². The highest BCUT2D eigenvalue weighted by atomic mass is 35.5. The summed E-state index contributed by atoms with van der Waals surface area (Å²) < 4.78 is 25.4. The van der Waals surface area contributed by atoms with E-state index in [9.17, 15) is 13.2 Å². The summed E-state index contributed by atoms with van der Waals surface area (Å²) in [5, 5.41) is 3.40. The van der Waals surface area contributed by atoms with Crippen LogP contribution in [0.1, 0.15) is 36.1 Å². The Morgan fingerprint density at radius 3 is 2.48 bits per heavy atom. The number of sulfonamides is 1. The molecule has 0 radical (unpaired) electrons. The van der Waals surface area contributed by atoms with Crippen molar-refractivity contribution in [2.45, 2.75) is 32.2 Å². The third kappa shape index (κ3) is 4.82. The van der Waals surface area contributed by atoms with Crippen LogP contribution in [0.4, 0.5) is 5.69 Å². The van der Waals surface area contributed by atoms with E-state index >= 15 is 0 Å². The summed E-state index contributed by atoms with van der Waals surface area (Å²) in [7, 11) is -3.60. The van der Waals surface area contributed by atoms with Crippen molar-refractivity contribution >= 4 is 33.2 Å². The summed E-state index contributed by atoms with van der Waals surface area (Å²) in [6.45, 7) is 1.62. The summed E-state index contributed by atoms with van der Waals surface area (Å²) in [5.41, 5.74) is 4.15. The van der Waals surface area contributed by atoms with Crippen molar-refractivity contribution in [2.24, 2.45) is 0 Å². The molecule has 3 rings (SSSR count). The molecule has 0 saturated carbocycles. The first-order valence-electron chi connectivity index (χ1n) is 8.88. The Kier molecular flexibility index (Phi) is 5.77. The van der Waals surface area contributed by atoms with E-state index in [4.69, 9.17) is 11.6 Å². The van der Waals surface area contributed by atoms with Gasteiger partial charge < -0.3 is 5.32 Å². The lowest BCUT2D eigenvalue weighted by molar-refractivity contribution is -0.120. The largest absolute Gasteiger partial charge is 0.348 e. The van der Waals surface area contributed by atoms with Gasteiger partial charge >= 0.3 is 0 Å². The molecule has 0 bridgehead atoms. The zero-order valence-electron chi connectivity index (χ0n) is 15.4. The van der Waals surface area contributed by atoms with Crippen LogP contribution < -0.4 is 9.62 Å².